The van der Waals surface area contributed by atoms with Gasteiger partial charge in [-0.2, -0.15) is 0 Å². The third kappa shape index (κ3) is 3.56. The molecule has 0 saturated carbocycles. The van der Waals surface area contributed by atoms with Crippen LogP contribution in [0.2, 0.25) is 5.02 Å². The fourth-order valence-electron chi connectivity index (χ4n) is 4.43. The van der Waals surface area contributed by atoms with Crippen molar-refractivity contribution in [3.05, 3.63) is 94.3 Å². The van der Waals surface area contributed by atoms with Crippen LogP contribution in [0.1, 0.15) is 21.5 Å². The third-order valence-electron chi connectivity index (χ3n) is 5.97. The molecule has 0 bridgehead atoms. The van der Waals surface area contributed by atoms with Crippen molar-refractivity contribution in [1.82, 2.24) is 4.90 Å². The number of hydrogen-bond donors (Lipinski definition) is 0. The van der Waals surface area contributed by atoms with E-state index in [-0.39, 0.29) is 24.2 Å². The van der Waals surface area contributed by atoms with Gasteiger partial charge < -0.3 is 14.5 Å². The van der Waals surface area contributed by atoms with Gasteiger partial charge in [0.25, 0.3) is 11.8 Å². The summed E-state index contributed by atoms with van der Waals surface area (Å²) in [7, 11) is 1.57. The number of halogens is 2. The van der Waals surface area contributed by atoms with Crippen molar-refractivity contribution in [2.24, 2.45) is 0 Å². The van der Waals surface area contributed by atoms with Gasteiger partial charge in [0, 0.05) is 28.4 Å². The van der Waals surface area contributed by atoms with Crippen LogP contribution in [0.3, 0.4) is 0 Å². The highest BCUT2D eigenvalue weighted by Crippen LogP contribution is 2.55. The lowest BCUT2D eigenvalue weighted by atomic mass is 10.0. The van der Waals surface area contributed by atoms with Crippen molar-refractivity contribution in [2.45, 2.75) is 11.4 Å². The Morgan fingerprint density at radius 3 is 2.67 bits per heavy atom. The Labute approximate surface area is 200 Å². The molecule has 1 atom stereocenters. The highest BCUT2D eigenvalue weighted by Gasteiger charge is 2.59. The second-order valence-electron chi connectivity index (χ2n) is 7.86. The van der Waals surface area contributed by atoms with E-state index in [1.165, 1.54) is 23.9 Å². The van der Waals surface area contributed by atoms with Crippen LogP contribution >= 0.6 is 23.4 Å². The van der Waals surface area contributed by atoms with E-state index in [2.05, 4.69) is 0 Å². The minimum absolute atomic E-state index is 0.201. The highest BCUT2D eigenvalue weighted by molar-refractivity contribution is 8.01. The molecule has 0 aromatic heterocycles. The first-order chi connectivity index (χ1) is 15.9. The molecule has 3 aromatic carbocycles. The minimum Gasteiger partial charge on any atom is -0.497 e. The Kier molecular flexibility index (Phi) is 5.54. The molecule has 0 unspecified atom stereocenters. The Bertz CT molecular complexity index is 1250. The van der Waals surface area contributed by atoms with Gasteiger partial charge in [0.05, 0.1) is 19.3 Å². The summed E-state index contributed by atoms with van der Waals surface area (Å²) in [4.78, 5) is 29.7. The van der Waals surface area contributed by atoms with E-state index in [1.54, 1.807) is 59.4 Å². The van der Waals surface area contributed by atoms with Gasteiger partial charge in [-0.1, -0.05) is 29.8 Å². The maximum atomic E-state index is 14.0. The smallest absolute Gasteiger partial charge is 0.268 e. The fourth-order valence-corrected chi connectivity index (χ4v) is 6.07. The van der Waals surface area contributed by atoms with Crippen LogP contribution < -0.4 is 9.64 Å². The van der Waals surface area contributed by atoms with E-state index in [0.29, 0.717) is 39.9 Å². The van der Waals surface area contributed by atoms with Crippen LogP contribution in [0.25, 0.3) is 0 Å². The van der Waals surface area contributed by atoms with E-state index in [1.807, 2.05) is 12.1 Å². The number of fused-ring (bicyclic) bond motifs is 2. The van der Waals surface area contributed by atoms with Crippen LogP contribution in [-0.4, -0.2) is 36.1 Å². The van der Waals surface area contributed by atoms with E-state index in [9.17, 15) is 14.0 Å². The van der Waals surface area contributed by atoms with Gasteiger partial charge in [0.1, 0.15) is 11.6 Å². The topological polar surface area (TPSA) is 49.9 Å². The van der Waals surface area contributed by atoms with E-state index < -0.39 is 4.87 Å². The number of carbonyl (C=O) groups is 2. The molecule has 3 aromatic rings. The average Bonchev–Trinajstić information content (AvgIpc) is 3.36. The van der Waals surface area contributed by atoms with Gasteiger partial charge in [-0.25, -0.2) is 4.39 Å². The second-order valence-corrected chi connectivity index (χ2v) is 9.58. The molecule has 8 heteroatoms. The molecule has 2 aliphatic rings. The Hall–Kier alpha value is -3.03. The van der Waals surface area contributed by atoms with Gasteiger partial charge in [0.2, 0.25) is 0 Å². The molecule has 1 spiro atoms. The first-order valence-electron chi connectivity index (χ1n) is 10.4. The first kappa shape index (κ1) is 21.8. The van der Waals surface area contributed by atoms with Crippen molar-refractivity contribution >= 4 is 40.9 Å². The van der Waals surface area contributed by atoms with Crippen LogP contribution in [0, 0.1) is 5.82 Å². The van der Waals surface area contributed by atoms with Crippen molar-refractivity contribution < 1.29 is 18.7 Å². The largest absolute Gasteiger partial charge is 0.497 e. The molecule has 2 heterocycles. The molecule has 168 valence electrons. The molecule has 2 aliphatic heterocycles. The summed E-state index contributed by atoms with van der Waals surface area (Å²) in [5, 5.41) is 0.458. The third-order valence-corrected chi connectivity index (χ3v) is 7.63. The Balaban J connectivity index is 1.61. The van der Waals surface area contributed by atoms with Gasteiger partial charge in [-0.15, -0.1) is 11.8 Å². The predicted molar refractivity (Wildman–Crippen MR) is 127 cm³/mol. The van der Waals surface area contributed by atoms with Crippen molar-refractivity contribution in [2.75, 3.05) is 24.3 Å². The molecule has 2 amide bonds. The van der Waals surface area contributed by atoms with Crippen molar-refractivity contribution in [3.63, 3.8) is 0 Å². The second kappa shape index (κ2) is 8.39. The number of amides is 2. The van der Waals surface area contributed by atoms with E-state index >= 15 is 0 Å². The zero-order valence-electron chi connectivity index (χ0n) is 17.8. The lowest BCUT2D eigenvalue weighted by molar-refractivity contribution is -0.123. The van der Waals surface area contributed by atoms with Crippen molar-refractivity contribution in [1.29, 1.82) is 0 Å². The molecular formula is C25H20ClFN2O3S. The molecule has 1 fully saturated rings. The maximum Gasteiger partial charge on any atom is 0.268 e. The molecule has 33 heavy (non-hydrogen) atoms. The highest BCUT2D eigenvalue weighted by atomic mass is 35.5. The van der Waals surface area contributed by atoms with Gasteiger partial charge in [-0.05, 0) is 54.1 Å². The van der Waals surface area contributed by atoms with Crippen LogP contribution in [-0.2, 0) is 16.2 Å². The summed E-state index contributed by atoms with van der Waals surface area (Å²) in [5.74, 6) is 0.421. The normalized spacial score (nSPS) is 19.3. The lowest BCUT2D eigenvalue weighted by Gasteiger charge is -2.33. The molecule has 0 N–H and O–H groups in total. The molecule has 0 aliphatic carbocycles. The summed E-state index contributed by atoms with van der Waals surface area (Å²) in [5.41, 5.74) is 2.65. The van der Waals surface area contributed by atoms with Gasteiger partial charge in [-0.3, -0.25) is 9.59 Å². The van der Waals surface area contributed by atoms with E-state index in [4.69, 9.17) is 16.3 Å². The number of methoxy groups -OCH3 is 1. The first-order valence-corrected chi connectivity index (χ1v) is 11.8. The minimum atomic E-state index is -1.21. The number of carbonyl (C=O) groups excluding carboxylic acids is 2. The van der Waals surface area contributed by atoms with E-state index in [0.717, 1.165) is 5.56 Å². The lowest BCUT2D eigenvalue weighted by Crippen LogP contribution is -2.50. The number of hydrogen-bond acceptors (Lipinski definition) is 4. The maximum absolute atomic E-state index is 14.0. The summed E-state index contributed by atoms with van der Waals surface area (Å²) in [6.45, 7) is 0.683. The molecule has 0 radical (unpaired) electrons. The number of ether oxygens (including phenoxy) is 1. The SMILES string of the molecule is COc1ccc2c(c1)[C@]1(SCCN1C(=O)c1cccc(Cl)c1)C(=O)N2Cc1ccc(F)cc1. The number of anilines is 1. The quantitative estimate of drug-likeness (QED) is 0.520. The van der Waals surface area contributed by atoms with Crippen molar-refractivity contribution in [3.8, 4) is 5.75 Å². The summed E-state index contributed by atoms with van der Waals surface area (Å²) in [6.07, 6.45) is 0. The monoisotopic (exact) mass is 482 g/mol. The van der Waals surface area contributed by atoms with Gasteiger partial charge in [0.15, 0.2) is 4.87 Å². The predicted octanol–water partition coefficient (Wildman–Crippen LogP) is 5.08. The number of benzene rings is 3. The zero-order valence-corrected chi connectivity index (χ0v) is 19.3. The van der Waals surface area contributed by atoms with Crippen LogP contribution in [0.15, 0.2) is 66.7 Å². The molecular weight excluding hydrogens is 463 g/mol. The Morgan fingerprint density at radius 1 is 1.15 bits per heavy atom. The Morgan fingerprint density at radius 2 is 1.94 bits per heavy atom. The molecule has 5 nitrogen and oxygen atoms in total. The molecule has 1 saturated heterocycles. The number of thioether (sulfide) groups is 1. The number of rotatable bonds is 4. The fraction of sp³-hybridized carbons (Fsp3) is 0.200. The van der Waals surface area contributed by atoms with Crippen LogP contribution in [0.5, 0.6) is 5.75 Å². The summed E-state index contributed by atoms with van der Waals surface area (Å²) >= 11 is 7.57. The summed E-state index contributed by atoms with van der Waals surface area (Å²) in [6, 6.07) is 18.3. The zero-order chi connectivity index (χ0) is 23.2. The molecule has 5 rings (SSSR count). The van der Waals surface area contributed by atoms with Gasteiger partial charge >= 0.3 is 0 Å². The summed E-state index contributed by atoms with van der Waals surface area (Å²) < 4.78 is 18.9. The van der Waals surface area contributed by atoms with Crippen LogP contribution in [0.4, 0.5) is 10.1 Å². The standard InChI is InChI=1S/C25H20ClFN2O3S/c1-32-20-9-10-22-21(14-20)25(24(31)28(22)15-16-5-7-19(27)8-6-16)29(11-12-33-25)23(30)17-3-2-4-18(26)13-17/h2-10,13-14H,11-12,15H2,1H3/t25-/m0/s1. The average molecular weight is 483 g/mol. The number of nitrogens with zero attached hydrogens (tertiary/aromatic N) is 2.